The number of carbonyl (C=O) groups excluding carboxylic acids is 1. The van der Waals surface area contributed by atoms with E-state index in [0.717, 1.165) is 24.1 Å². The zero-order valence-electron chi connectivity index (χ0n) is 16.0. The van der Waals surface area contributed by atoms with Gasteiger partial charge in [0.2, 0.25) is 10.0 Å². The molecule has 1 amide bonds. The molecule has 1 heterocycles. The Morgan fingerprint density at radius 3 is 2.21 bits per heavy atom. The van der Waals surface area contributed by atoms with E-state index in [-0.39, 0.29) is 4.90 Å². The zero-order chi connectivity index (χ0) is 20.1. The first-order chi connectivity index (χ1) is 13.4. The van der Waals surface area contributed by atoms with Crippen molar-refractivity contribution in [3.63, 3.8) is 0 Å². The molecule has 1 aliphatic rings. The van der Waals surface area contributed by atoms with Gasteiger partial charge in [-0.05, 0) is 54.8 Å². The molecular weight excluding hydrogens is 376 g/mol. The Labute approximate surface area is 165 Å². The number of nitrogens with zero attached hydrogens (tertiary/aromatic N) is 3. The highest BCUT2D eigenvalue weighted by Gasteiger charge is 2.27. The van der Waals surface area contributed by atoms with Crippen molar-refractivity contribution in [1.29, 1.82) is 0 Å². The van der Waals surface area contributed by atoms with Gasteiger partial charge in [0.15, 0.2) is 0 Å². The van der Waals surface area contributed by atoms with Crippen LogP contribution in [0.2, 0.25) is 0 Å². The van der Waals surface area contributed by atoms with Gasteiger partial charge in [-0.3, -0.25) is 4.79 Å². The summed E-state index contributed by atoms with van der Waals surface area (Å²) >= 11 is 0. The molecule has 3 rings (SSSR count). The molecule has 1 saturated heterocycles. The SMILES string of the molecule is CN(C)c1ccc(/C=N\NC(=O)c2ccc(S(=O)(=O)N3CCCC3)cc2)cc1. The summed E-state index contributed by atoms with van der Waals surface area (Å²) in [6, 6.07) is 13.7. The van der Waals surface area contributed by atoms with Crippen molar-refractivity contribution in [2.45, 2.75) is 17.7 Å². The maximum absolute atomic E-state index is 12.5. The normalized spacial score (nSPS) is 15.1. The van der Waals surface area contributed by atoms with Crippen LogP contribution in [0, 0.1) is 0 Å². The molecule has 0 radical (unpaired) electrons. The van der Waals surface area contributed by atoms with E-state index < -0.39 is 15.9 Å². The van der Waals surface area contributed by atoms with E-state index in [1.54, 1.807) is 6.21 Å². The van der Waals surface area contributed by atoms with Crippen LogP contribution >= 0.6 is 0 Å². The predicted octanol–water partition coefficient (Wildman–Crippen LogP) is 2.30. The molecule has 1 fully saturated rings. The van der Waals surface area contributed by atoms with Gasteiger partial charge in [-0.15, -0.1) is 0 Å². The summed E-state index contributed by atoms with van der Waals surface area (Å²) in [6.07, 6.45) is 3.33. The van der Waals surface area contributed by atoms with Crippen molar-refractivity contribution in [2.24, 2.45) is 5.10 Å². The topological polar surface area (TPSA) is 82.1 Å². The second-order valence-corrected chi connectivity index (χ2v) is 8.76. The van der Waals surface area contributed by atoms with Gasteiger partial charge >= 0.3 is 0 Å². The van der Waals surface area contributed by atoms with Gasteiger partial charge in [-0.25, -0.2) is 13.8 Å². The molecule has 0 bridgehead atoms. The Balaban J connectivity index is 1.61. The number of anilines is 1. The molecule has 148 valence electrons. The van der Waals surface area contributed by atoms with Crippen LogP contribution in [0.1, 0.15) is 28.8 Å². The first-order valence-electron chi connectivity index (χ1n) is 9.09. The van der Waals surface area contributed by atoms with Crippen molar-refractivity contribution in [1.82, 2.24) is 9.73 Å². The molecule has 0 spiro atoms. The molecule has 1 N–H and O–H groups in total. The van der Waals surface area contributed by atoms with E-state index in [2.05, 4.69) is 10.5 Å². The summed E-state index contributed by atoms with van der Waals surface area (Å²) in [5.74, 6) is -0.397. The highest BCUT2D eigenvalue weighted by Crippen LogP contribution is 2.21. The minimum absolute atomic E-state index is 0.204. The average Bonchev–Trinajstić information content (AvgIpc) is 3.24. The summed E-state index contributed by atoms with van der Waals surface area (Å²) in [5, 5.41) is 3.96. The van der Waals surface area contributed by atoms with Crippen molar-refractivity contribution in [3.05, 3.63) is 59.7 Å². The maximum Gasteiger partial charge on any atom is 0.271 e. The van der Waals surface area contributed by atoms with Crippen LogP contribution in [0.5, 0.6) is 0 Å². The largest absolute Gasteiger partial charge is 0.378 e. The van der Waals surface area contributed by atoms with Crippen molar-refractivity contribution in [3.8, 4) is 0 Å². The molecule has 1 aliphatic heterocycles. The smallest absolute Gasteiger partial charge is 0.271 e. The van der Waals surface area contributed by atoms with E-state index in [1.807, 2.05) is 43.3 Å². The van der Waals surface area contributed by atoms with Crippen LogP contribution in [0.15, 0.2) is 58.5 Å². The lowest BCUT2D eigenvalue weighted by atomic mass is 10.2. The molecule has 0 atom stereocenters. The Kier molecular flexibility index (Phi) is 6.11. The van der Waals surface area contributed by atoms with Gasteiger partial charge in [-0.2, -0.15) is 9.41 Å². The lowest BCUT2D eigenvalue weighted by molar-refractivity contribution is 0.0955. The molecule has 2 aromatic rings. The van der Waals surface area contributed by atoms with E-state index in [4.69, 9.17) is 0 Å². The molecule has 0 saturated carbocycles. The van der Waals surface area contributed by atoms with Gasteiger partial charge in [0.25, 0.3) is 5.91 Å². The Morgan fingerprint density at radius 1 is 1.04 bits per heavy atom. The standard InChI is InChI=1S/C20H24N4O3S/c1-23(2)18-9-5-16(6-10-18)15-21-22-20(25)17-7-11-19(12-8-17)28(26,27)24-13-3-4-14-24/h5-12,15H,3-4,13-14H2,1-2H3,(H,22,25)/b21-15-. The molecular formula is C20H24N4O3S. The van der Waals surface area contributed by atoms with Crippen LogP contribution in [-0.2, 0) is 10.0 Å². The fraction of sp³-hybridized carbons (Fsp3) is 0.300. The number of nitrogens with one attached hydrogen (secondary N) is 1. The van der Waals surface area contributed by atoms with Crippen LogP contribution < -0.4 is 10.3 Å². The highest BCUT2D eigenvalue weighted by molar-refractivity contribution is 7.89. The van der Waals surface area contributed by atoms with Gasteiger partial charge in [0.05, 0.1) is 11.1 Å². The van der Waals surface area contributed by atoms with Crippen molar-refractivity contribution >= 4 is 27.8 Å². The number of benzene rings is 2. The highest BCUT2D eigenvalue weighted by atomic mass is 32.2. The number of hydrazone groups is 1. The van der Waals surface area contributed by atoms with Crippen LogP contribution in [0.3, 0.4) is 0 Å². The Morgan fingerprint density at radius 2 is 1.64 bits per heavy atom. The van der Waals surface area contributed by atoms with E-state index >= 15 is 0 Å². The van der Waals surface area contributed by atoms with Gasteiger partial charge in [-0.1, -0.05) is 12.1 Å². The summed E-state index contributed by atoms with van der Waals surface area (Å²) in [6.45, 7) is 1.10. The number of sulfonamides is 1. The number of rotatable bonds is 6. The van der Waals surface area contributed by atoms with E-state index in [1.165, 1.54) is 28.6 Å². The molecule has 0 aliphatic carbocycles. The summed E-state index contributed by atoms with van der Waals surface area (Å²) in [7, 11) is 0.451. The number of hydrogen-bond donors (Lipinski definition) is 1. The second kappa shape index (κ2) is 8.53. The van der Waals surface area contributed by atoms with Crippen LogP contribution in [0.4, 0.5) is 5.69 Å². The lowest BCUT2D eigenvalue weighted by Gasteiger charge is -2.15. The molecule has 28 heavy (non-hydrogen) atoms. The Hall–Kier alpha value is -2.71. The molecule has 0 aromatic heterocycles. The fourth-order valence-corrected chi connectivity index (χ4v) is 4.46. The maximum atomic E-state index is 12.5. The zero-order valence-corrected chi connectivity index (χ0v) is 16.8. The third-order valence-corrected chi connectivity index (χ3v) is 6.52. The second-order valence-electron chi connectivity index (χ2n) is 6.82. The molecule has 7 nitrogen and oxygen atoms in total. The summed E-state index contributed by atoms with van der Waals surface area (Å²) in [5.41, 5.74) is 4.74. The van der Waals surface area contributed by atoms with Crippen LogP contribution in [0.25, 0.3) is 0 Å². The molecule has 2 aromatic carbocycles. The van der Waals surface area contributed by atoms with Crippen molar-refractivity contribution in [2.75, 3.05) is 32.1 Å². The van der Waals surface area contributed by atoms with E-state index in [9.17, 15) is 13.2 Å². The fourth-order valence-electron chi connectivity index (χ4n) is 2.94. The van der Waals surface area contributed by atoms with Gasteiger partial charge < -0.3 is 4.90 Å². The van der Waals surface area contributed by atoms with Gasteiger partial charge in [0.1, 0.15) is 0 Å². The minimum Gasteiger partial charge on any atom is -0.378 e. The monoisotopic (exact) mass is 400 g/mol. The first kappa shape index (κ1) is 20.0. The third-order valence-electron chi connectivity index (χ3n) is 4.61. The van der Waals surface area contributed by atoms with Crippen LogP contribution in [-0.4, -0.2) is 52.0 Å². The lowest BCUT2D eigenvalue weighted by Crippen LogP contribution is -2.28. The quantitative estimate of drug-likeness (QED) is 0.596. The minimum atomic E-state index is -3.48. The number of carbonyl (C=O) groups is 1. The first-order valence-corrected chi connectivity index (χ1v) is 10.5. The third kappa shape index (κ3) is 4.58. The summed E-state index contributed by atoms with van der Waals surface area (Å²) < 4.78 is 26.5. The molecule has 8 heteroatoms. The predicted molar refractivity (Wildman–Crippen MR) is 110 cm³/mol. The van der Waals surface area contributed by atoms with Gasteiger partial charge in [0, 0.05) is 38.4 Å². The Bertz CT molecular complexity index is 946. The number of amides is 1. The molecule has 0 unspecified atom stereocenters. The summed E-state index contributed by atoms with van der Waals surface area (Å²) in [4.78, 5) is 14.4. The van der Waals surface area contributed by atoms with E-state index in [0.29, 0.717) is 18.7 Å². The number of hydrogen-bond acceptors (Lipinski definition) is 5. The van der Waals surface area contributed by atoms with Crippen molar-refractivity contribution < 1.29 is 13.2 Å². The average molecular weight is 401 g/mol.